The lowest BCUT2D eigenvalue weighted by Crippen LogP contribution is -2.27. The van der Waals surface area contributed by atoms with Crippen molar-refractivity contribution in [3.05, 3.63) is 54.1 Å². The zero-order chi connectivity index (χ0) is 14.0. The van der Waals surface area contributed by atoms with Gasteiger partial charge in [-0.1, -0.05) is 36.8 Å². The molecule has 1 aliphatic heterocycles. The van der Waals surface area contributed by atoms with Crippen LogP contribution >= 0.6 is 23.5 Å². The molecule has 4 heteroatoms. The number of rotatable bonds is 4. The van der Waals surface area contributed by atoms with Crippen molar-refractivity contribution in [2.24, 2.45) is 0 Å². The molecular formula is C16H20N2S2. The number of benzene rings is 1. The van der Waals surface area contributed by atoms with Crippen LogP contribution in [0.5, 0.6) is 0 Å². The molecule has 1 aromatic carbocycles. The van der Waals surface area contributed by atoms with Crippen LogP contribution in [0.2, 0.25) is 0 Å². The molecule has 0 amide bonds. The first-order valence-electron chi connectivity index (χ1n) is 6.98. The molecule has 0 aliphatic carbocycles. The molecule has 20 heavy (non-hydrogen) atoms. The number of aryl methyl sites for hydroxylation is 1. The van der Waals surface area contributed by atoms with Crippen LogP contribution < -0.4 is 0 Å². The molecule has 2 nitrogen and oxygen atoms in total. The Bertz CT molecular complexity index is 550. The van der Waals surface area contributed by atoms with E-state index in [-0.39, 0.29) is 4.08 Å². The predicted octanol–water partition coefficient (Wildman–Crippen LogP) is 4.00. The van der Waals surface area contributed by atoms with Gasteiger partial charge in [0.15, 0.2) is 0 Å². The Morgan fingerprint density at radius 1 is 1.35 bits per heavy atom. The van der Waals surface area contributed by atoms with Crippen LogP contribution in [0.1, 0.15) is 18.1 Å². The van der Waals surface area contributed by atoms with Crippen molar-refractivity contribution in [2.45, 2.75) is 36.1 Å². The fraction of sp³-hybridized carbons (Fsp3) is 0.438. The topological polar surface area (TPSA) is 17.8 Å². The fourth-order valence-corrected chi connectivity index (χ4v) is 6.31. The van der Waals surface area contributed by atoms with Gasteiger partial charge in [0, 0.05) is 29.9 Å². The van der Waals surface area contributed by atoms with Crippen LogP contribution in [0.3, 0.4) is 0 Å². The summed E-state index contributed by atoms with van der Waals surface area (Å²) >= 11 is 4.23. The first-order valence-corrected chi connectivity index (χ1v) is 8.85. The standard InChI is InChI=1S/C16H20N2S2/c1-13-3-5-15(6-4-13)9-16(19-10-14(2)20-16)11-18-8-7-17-12-18/h3-8,12,14H,9-11H2,1-2H3. The van der Waals surface area contributed by atoms with E-state index in [0.29, 0.717) is 0 Å². The molecule has 0 saturated carbocycles. The van der Waals surface area contributed by atoms with Gasteiger partial charge in [-0.25, -0.2) is 4.98 Å². The minimum Gasteiger partial charge on any atom is -0.335 e. The van der Waals surface area contributed by atoms with Crippen molar-refractivity contribution in [1.82, 2.24) is 9.55 Å². The Morgan fingerprint density at radius 2 is 2.15 bits per heavy atom. The highest BCUT2D eigenvalue weighted by molar-refractivity contribution is 8.21. The average Bonchev–Trinajstić information content (AvgIpc) is 3.04. The van der Waals surface area contributed by atoms with E-state index in [9.17, 15) is 0 Å². The molecular weight excluding hydrogens is 284 g/mol. The Morgan fingerprint density at radius 3 is 2.75 bits per heavy atom. The molecule has 1 fully saturated rings. The van der Waals surface area contributed by atoms with Crippen LogP contribution in [0.15, 0.2) is 43.0 Å². The lowest BCUT2D eigenvalue weighted by molar-refractivity contribution is 0.625. The van der Waals surface area contributed by atoms with E-state index in [1.165, 1.54) is 16.9 Å². The van der Waals surface area contributed by atoms with E-state index in [0.717, 1.165) is 18.2 Å². The molecule has 0 N–H and O–H groups in total. The van der Waals surface area contributed by atoms with Crippen LogP contribution in [0.25, 0.3) is 0 Å². The second-order valence-corrected chi connectivity index (χ2v) is 9.03. The van der Waals surface area contributed by atoms with Gasteiger partial charge >= 0.3 is 0 Å². The molecule has 3 rings (SSSR count). The van der Waals surface area contributed by atoms with Crippen molar-refractivity contribution in [3.8, 4) is 0 Å². The highest BCUT2D eigenvalue weighted by atomic mass is 32.2. The molecule has 2 heterocycles. The monoisotopic (exact) mass is 304 g/mol. The second kappa shape index (κ2) is 5.86. The third-order valence-corrected chi connectivity index (χ3v) is 7.17. The Hall–Kier alpha value is -0.870. The largest absolute Gasteiger partial charge is 0.335 e. The van der Waals surface area contributed by atoms with Crippen molar-refractivity contribution < 1.29 is 0 Å². The van der Waals surface area contributed by atoms with E-state index in [1.54, 1.807) is 0 Å². The summed E-state index contributed by atoms with van der Waals surface area (Å²) in [6.07, 6.45) is 6.99. The van der Waals surface area contributed by atoms with Gasteiger partial charge in [-0.3, -0.25) is 0 Å². The summed E-state index contributed by atoms with van der Waals surface area (Å²) in [5.41, 5.74) is 2.77. The summed E-state index contributed by atoms with van der Waals surface area (Å²) < 4.78 is 2.46. The highest BCUT2D eigenvalue weighted by Gasteiger charge is 2.39. The first kappa shape index (κ1) is 14.1. The van der Waals surface area contributed by atoms with Crippen molar-refractivity contribution in [3.63, 3.8) is 0 Å². The van der Waals surface area contributed by atoms with E-state index >= 15 is 0 Å². The van der Waals surface area contributed by atoms with Gasteiger partial charge < -0.3 is 4.57 Å². The number of imidazole rings is 1. The summed E-state index contributed by atoms with van der Waals surface area (Å²) in [4.78, 5) is 4.18. The normalized spacial score (nSPS) is 26.0. The maximum absolute atomic E-state index is 4.18. The number of hydrogen-bond donors (Lipinski definition) is 0. The molecule has 2 atom stereocenters. The quantitative estimate of drug-likeness (QED) is 0.850. The Balaban J connectivity index is 1.80. The van der Waals surface area contributed by atoms with E-state index < -0.39 is 0 Å². The minimum atomic E-state index is 0.245. The number of hydrogen-bond acceptors (Lipinski definition) is 3. The lowest BCUT2D eigenvalue weighted by atomic mass is 10.1. The summed E-state index contributed by atoms with van der Waals surface area (Å²) in [6, 6.07) is 8.98. The van der Waals surface area contributed by atoms with E-state index in [4.69, 9.17) is 0 Å². The smallest absolute Gasteiger partial charge is 0.0946 e. The van der Waals surface area contributed by atoms with Gasteiger partial charge in [0.05, 0.1) is 10.4 Å². The van der Waals surface area contributed by atoms with Crippen LogP contribution in [-0.4, -0.2) is 24.6 Å². The number of thioether (sulfide) groups is 2. The SMILES string of the molecule is Cc1ccc(CC2(Cn3ccnc3)SCC(C)S2)cc1. The zero-order valence-corrected chi connectivity index (χ0v) is 13.6. The zero-order valence-electron chi connectivity index (χ0n) is 12.0. The van der Waals surface area contributed by atoms with Gasteiger partial charge in [0.25, 0.3) is 0 Å². The molecule has 2 aromatic rings. The first-order chi connectivity index (χ1) is 9.65. The summed E-state index contributed by atoms with van der Waals surface area (Å²) in [5.74, 6) is 1.24. The van der Waals surface area contributed by atoms with Gasteiger partial charge in [-0.15, -0.1) is 23.5 Å². The third-order valence-electron chi connectivity index (χ3n) is 3.57. The van der Waals surface area contributed by atoms with E-state index in [2.05, 4.69) is 77.4 Å². The van der Waals surface area contributed by atoms with Gasteiger partial charge in [0.1, 0.15) is 0 Å². The number of aromatic nitrogens is 2. The molecule has 1 aromatic heterocycles. The molecule has 0 bridgehead atoms. The maximum atomic E-state index is 4.18. The Labute approximate surface area is 129 Å². The molecule has 1 saturated heterocycles. The van der Waals surface area contributed by atoms with Gasteiger partial charge in [0.2, 0.25) is 0 Å². The van der Waals surface area contributed by atoms with Crippen LogP contribution in [0, 0.1) is 6.92 Å². The highest BCUT2D eigenvalue weighted by Crippen LogP contribution is 2.50. The minimum absolute atomic E-state index is 0.245. The van der Waals surface area contributed by atoms with Crippen molar-refractivity contribution in [1.29, 1.82) is 0 Å². The predicted molar refractivity (Wildman–Crippen MR) is 89.4 cm³/mol. The summed E-state index contributed by atoms with van der Waals surface area (Å²) in [6.45, 7) is 5.51. The maximum Gasteiger partial charge on any atom is 0.0946 e. The molecule has 2 unspecified atom stereocenters. The fourth-order valence-electron chi connectivity index (χ4n) is 2.61. The summed E-state index contributed by atoms with van der Waals surface area (Å²) in [5, 5.41) is 0.731. The second-order valence-electron chi connectivity index (χ2n) is 5.55. The van der Waals surface area contributed by atoms with Crippen molar-refractivity contribution in [2.75, 3.05) is 5.75 Å². The molecule has 106 valence electrons. The van der Waals surface area contributed by atoms with Gasteiger partial charge in [-0.2, -0.15) is 0 Å². The van der Waals surface area contributed by atoms with Crippen LogP contribution in [0.4, 0.5) is 0 Å². The van der Waals surface area contributed by atoms with Gasteiger partial charge in [-0.05, 0) is 18.9 Å². The molecule has 0 spiro atoms. The summed E-state index contributed by atoms with van der Waals surface area (Å²) in [7, 11) is 0. The van der Waals surface area contributed by atoms with E-state index in [1.807, 2.05) is 12.5 Å². The number of nitrogens with zero attached hydrogens (tertiary/aromatic N) is 2. The average molecular weight is 304 g/mol. The molecule has 1 aliphatic rings. The van der Waals surface area contributed by atoms with Crippen LogP contribution in [-0.2, 0) is 13.0 Å². The lowest BCUT2D eigenvalue weighted by Gasteiger charge is -2.28. The molecule has 0 radical (unpaired) electrons. The van der Waals surface area contributed by atoms with Crippen molar-refractivity contribution >= 4 is 23.5 Å². The third kappa shape index (κ3) is 3.23. The Kier molecular flexibility index (Phi) is 4.13.